The van der Waals surface area contributed by atoms with Crippen LogP contribution in [0.25, 0.3) is 0 Å². The van der Waals surface area contributed by atoms with Crippen molar-refractivity contribution in [2.45, 2.75) is 13.5 Å². The van der Waals surface area contributed by atoms with E-state index in [4.69, 9.17) is 15.3 Å². The molecule has 0 radical (unpaired) electrons. The molecule has 2 aromatic carbocycles. The van der Waals surface area contributed by atoms with Crippen molar-refractivity contribution in [1.82, 2.24) is 0 Å². The zero-order valence-electron chi connectivity index (χ0n) is 12.2. The second-order valence-corrected chi connectivity index (χ2v) is 4.68. The standard InChI is InChI=1S/C18H15N3O/c1-14-9-17(22-13-15-5-3-2-4-6-15)7-8-18(14)21-12-16(10-19)11-20/h2-9,12,21H,13H2,1H3. The van der Waals surface area contributed by atoms with Crippen LogP contribution in [-0.4, -0.2) is 0 Å². The number of ether oxygens (including phenoxy) is 1. The first kappa shape index (κ1) is 15.2. The minimum absolute atomic E-state index is 0.0313. The van der Waals surface area contributed by atoms with Crippen LogP contribution in [0.3, 0.4) is 0 Å². The molecule has 2 aromatic rings. The summed E-state index contributed by atoms with van der Waals surface area (Å²) in [4.78, 5) is 0. The summed E-state index contributed by atoms with van der Waals surface area (Å²) in [6.45, 7) is 2.45. The molecule has 0 heterocycles. The molecule has 0 saturated carbocycles. The summed E-state index contributed by atoms with van der Waals surface area (Å²) in [6, 6.07) is 19.2. The average molecular weight is 289 g/mol. The molecule has 0 aliphatic heterocycles. The van der Waals surface area contributed by atoms with Crippen LogP contribution in [0, 0.1) is 29.6 Å². The second-order valence-electron chi connectivity index (χ2n) is 4.68. The van der Waals surface area contributed by atoms with Crippen molar-refractivity contribution in [2.75, 3.05) is 5.32 Å². The molecule has 22 heavy (non-hydrogen) atoms. The topological polar surface area (TPSA) is 68.8 Å². The van der Waals surface area contributed by atoms with E-state index < -0.39 is 0 Å². The zero-order valence-corrected chi connectivity index (χ0v) is 12.2. The first-order valence-corrected chi connectivity index (χ1v) is 6.77. The van der Waals surface area contributed by atoms with E-state index in [-0.39, 0.29) is 5.57 Å². The van der Waals surface area contributed by atoms with Crippen molar-refractivity contribution in [3.8, 4) is 17.9 Å². The highest BCUT2D eigenvalue weighted by atomic mass is 16.5. The lowest BCUT2D eigenvalue weighted by molar-refractivity contribution is 0.306. The Labute approximate surface area is 129 Å². The van der Waals surface area contributed by atoms with Gasteiger partial charge in [-0.3, -0.25) is 0 Å². The predicted octanol–water partition coefficient (Wildman–Crippen LogP) is 3.92. The minimum atomic E-state index is 0.0313. The molecule has 0 saturated heterocycles. The van der Waals surface area contributed by atoms with E-state index in [1.165, 1.54) is 6.20 Å². The molecule has 0 fully saturated rings. The van der Waals surface area contributed by atoms with Crippen LogP contribution in [0.1, 0.15) is 11.1 Å². The SMILES string of the molecule is Cc1cc(OCc2ccccc2)ccc1NC=C(C#N)C#N. The Bertz CT molecular complexity index is 736. The fourth-order valence-electron chi connectivity index (χ4n) is 1.87. The van der Waals surface area contributed by atoms with Crippen LogP contribution in [0.2, 0.25) is 0 Å². The van der Waals surface area contributed by atoms with E-state index in [0.717, 1.165) is 22.6 Å². The van der Waals surface area contributed by atoms with Crippen molar-refractivity contribution in [2.24, 2.45) is 0 Å². The third kappa shape index (κ3) is 4.13. The molecule has 2 rings (SSSR count). The lowest BCUT2D eigenvalue weighted by Crippen LogP contribution is -1.97. The van der Waals surface area contributed by atoms with Crippen LogP contribution < -0.4 is 10.1 Å². The van der Waals surface area contributed by atoms with Crippen LogP contribution in [0.15, 0.2) is 60.3 Å². The fraction of sp³-hybridized carbons (Fsp3) is 0.111. The number of nitrogens with zero attached hydrogens (tertiary/aromatic N) is 2. The normalized spacial score (nSPS) is 9.23. The zero-order chi connectivity index (χ0) is 15.8. The number of allylic oxidation sites excluding steroid dienone is 1. The summed E-state index contributed by atoms with van der Waals surface area (Å²) in [5, 5.41) is 20.3. The van der Waals surface area contributed by atoms with E-state index in [2.05, 4.69) is 5.32 Å². The van der Waals surface area contributed by atoms with Gasteiger partial charge in [-0.1, -0.05) is 30.3 Å². The Morgan fingerprint density at radius 3 is 2.50 bits per heavy atom. The highest BCUT2D eigenvalue weighted by molar-refractivity contribution is 5.56. The van der Waals surface area contributed by atoms with Crippen molar-refractivity contribution in [1.29, 1.82) is 10.5 Å². The third-order valence-electron chi connectivity index (χ3n) is 3.06. The van der Waals surface area contributed by atoms with Crippen LogP contribution in [0.5, 0.6) is 5.75 Å². The van der Waals surface area contributed by atoms with Gasteiger partial charge < -0.3 is 10.1 Å². The molecule has 0 aliphatic rings. The van der Waals surface area contributed by atoms with Crippen LogP contribution in [-0.2, 0) is 6.61 Å². The molecular formula is C18H15N3O. The largest absolute Gasteiger partial charge is 0.489 e. The first-order valence-electron chi connectivity index (χ1n) is 6.77. The van der Waals surface area contributed by atoms with Gasteiger partial charge in [0, 0.05) is 11.9 Å². The lowest BCUT2D eigenvalue weighted by Gasteiger charge is -2.10. The van der Waals surface area contributed by atoms with Gasteiger partial charge in [-0.05, 0) is 36.2 Å². The number of nitriles is 2. The monoisotopic (exact) mass is 289 g/mol. The Hall–Kier alpha value is -3.24. The maximum Gasteiger partial charge on any atom is 0.145 e. The van der Waals surface area contributed by atoms with Crippen LogP contribution >= 0.6 is 0 Å². The Morgan fingerprint density at radius 2 is 1.86 bits per heavy atom. The maximum atomic E-state index is 8.69. The van der Waals surface area contributed by atoms with Crippen molar-refractivity contribution < 1.29 is 4.74 Å². The smallest absolute Gasteiger partial charge is 0.145 e. The number of anilines is 1. The molecule has 4 heteroatoms. The molecule has 1 N–H and O–H groups in total. The summed E-state index contributed by atoms with van der Waals surface area (Å²) < 4.78 is 5.75. The van der Waals surface area contributed by atoms with Gasteiger partial charge in [-0.15, -0.1) is 0 Å². The van der Waals surface area contributed by atoms with Gasteiger partial charge in [-0.25, -0.2) is 0 Å². The first-order chi connectivity index (χ1) is 10.7. The molecule has 0 unspecified atom stereocenters. The van der Waals surface area contributed by atoms with Gasteiger partial charge in [0.25, 0.3) is 0 Å². The van der Waals surface area contributed by atoms with E-state index in [0.29, 0.717) is 6.61 Å². The molecular weight excluding hydrogens is 274 g/mol. The summed E-state index contributed by atoms with van der Waals surface area (Å²) in [5.41, 5.74) is 2.94. The van der Waals surface area contributed by atoms with E-state index in [1.54, 1.807) is 12.1 Å². The van der Waals surface area contributed by atoms with Gasteiger partial charge >= 0.3 is 0 Å². The van der Waals surface area contributed by atoms with Crippen LogP contribution in [0.4, 0.5) is 5.69 Å². The second kappa shape index (κ2) is 7.52. The lowest BCUT2D eigenvalue weighted by atomic mass is 10.2. The molecule has 0 spiro atoms. The Morgan fingerprint density at radius 1 is 1.14 bits per heavy atom. The van der Waals surface area contributed by atoms with Crippen molar-refractivity contribution in [3.63, 3.8) is 0 Å². The highest BCUT2D eigenvalue weighted by Gasteiger charge is 2.01. The number of hydrogen-bond acceptors (Lipinski definition) is 4. The number of hydrogen-bond donors (Lipinski definition) is 1. The van der Waals surface area contributed by atoms with Gasteiger partial charge in [0.1, 0.15) is 30.1 Å². The summed E-state index contributed by atoms with van der Waals surface area (Å²) in [6.07, 6.45) is 1.40. The number of nitrogens with one attached hydrogen (secondary N) is 1. The van der Waals surface area contributed by atoms with Gasteiger partial charge in [0.15, 0.2) is 0 Å². The summed E-state index contributed by atoms with van der Waals surface area (Å²) in [5.74, 6) is 0.775. The maximum absolute atomic E-state index is 8.69. The molecule has 4 nitrogen and oxygen atoms in total. The fourth-order valence-corrected chi connectivity index (χ4v) is 1.87. The van der Waals surface area contributed by atoms with E-state index in [1.807, 2.05) is 55.5 Å². The average Bonchev–Trinajstić information content (AvgIpc) is 2.56. The Balaban J connectivity index is 2.02. The molecule has 0 bridgehead atoms. The highest BCUT2D eigenvalue weighted by Crippen LogP contribution is 2.22. The number of rotatable bonds is 5. The Kier molecular flexibility index (Phi) is 5.18. The molecule has 108 valence electrons. The minimum Gasteiger partial charge on any atom is -0.489 e. The summed E-state index contributed by atoms with van der Waals surface area (Å²) in [7, 11) is 0. The van der Waals surface area contributed by atoms with Gasteiger partial charge in [0.2, 0.25) is 0 Å². The third-order valence-corrected chi connectivity index (χ3v) is 3.06. The van der Waals surface area contributed by atoms with Crippen molar-refractivity contribution >= 4 is 5.69 Å². The molecule has 0 aromatic heterocycles. The predicted molar refractivity (Wildman–Crippen MR) is 84.9 cm³/mol. The van der Waals surface area contributed by atoms with E-state index >= 15 is 0 Å². The van der Waals surface area contributed by atoms with E-state index in [9.17, 15) is 0 Å². The van der Waals surface area contributed by atoms with Gasteiger partial charge in [-0.2, -0.15) is 10.5 Å². The van der Waals surface area contributed by atoms with Crippen molar-refractivity contribution in [3.05, 3.63) is 71.4 Å². The molecule has 0 atom stereocenters. The number of benzene rings is 2. The number of aryl methyl sites for hydroxylation is 1. The molecule has 0 aliphatic carbocycles. The quantitative estimate of drug-likeness (QED) is 0.847. The van der Waals surface area contributed by atoms with Gasteiger partial charge in [0.05, 0.1) is 0 Å². The molecule has 0 amide bonds. The summed E-state index contributed by atoms with van der Waals surface area (Å²) >= 11 is 0.